The Morgan fingerprint density at radius 1 is 1.19 bits per heavy atom. The van der Waals surface area contributed by atoms with Gasteiger partial charge in [0.25, 0.3) is 5.91 Å². The molecular formula is C20H22N4O3. The highest BCUT2D eigenvalue weighted by molar-refractivity contribution is 6.08. The number of nitrogens with two attached hydrogens (primary N) is 1. The lowest BCUT2D eigenvalue weighted by molar-refractivity contribution is 0.0985. The van der Waals surface area contributed by atoms with Gasteiger partial charge in [-0.2, -0.15) is 0 Å². The zero-order chi connectivity index (χ0) is 19.0. The Bertz CT molecular complexity index is 912. The van der Waals surface area contributed by atoms with Gasteiger partial charge in [-0.3, -0.25) is 9.69 Å². The number of hydrogen-bond donors (Lipinski definition) is 2. The summed E-state index contributed by atoms with van der Waals surface area (Å²) in [6, 6.07) is 10.7. The summed E-state index contributed by atoms with van der Waals surface area (Å²) in [6.07, 6.45) is 1.73. The number of nitrogens with zero attached hydrogens (tertiary/aromatic N) is 2. The number of benzene rings is 2. The molecule has 2 aromatic carbocycles. The van der Waals surface area contributed by atoms with E-state index in [1.165, 1.54) is 0 Å². The van der Waals surface area contributed by atoms with Gasteiger partial charge < -0.3 is 20.7 Å². The number of anilines is 3. The molecule has 2 aliphatic heterocycles. The van der Waals surface area contributed by atoms with Crippen LogP contribution in [0.3, 0.4) is 0 Å². The highest BCUT2D eigenvalue weighted by atomic mass is 16.5. The molecule has 0 aliphatic carbocycles. The first-order chi connectivity index (χ1) is 13.1. The number of nitrogens with one attached hydrogen (secondary N) is 1. The molecule has 2 aliphatic rings. The molecule has 140 valence electrons. The van der Waals surface area contributed by atoms with Crippen molar-refractivity contribution in [3.05, 3.63) is 47.5 Å². The summed E-state index contributed by atoms with van der Waals surface area (Å²) in [4.78, 5) is 28.7. The van der Waals surface area contributed by atoms with E-state index >= 15 is 0 Å². The molecule has 0 spiro atoms. The summed E-state index contributed by atoms with van der Waals surface area (Å²) in [6.45, 7) is 1.75. The molecule has 0 saturated carbocycles. The standard InChI is InChI=1S/C20H22N4O3/c1-27-18-8-7-13(12-17(18)24-11-9-22-20(24)26)19(25)23-10-3-4-14-15(21)5-2-6-16(14)23/h2,5-8,12H,3-4,9-11,21H2,1H3,(H,22,26). The SMILES string of the molecule is COc1ccc(C(=O)N2CCCc3c(N)cccc32)cc1N1CCNC1=O. The van der Waals surface area contributed by atoms with Gasteiger partial charge in [0.15, 0.2) is 0 Å². The van der Waals surface area contributed by atoms with Gasteiger partial charge in [0.2, 0.25) is 0 Å². The van der Waals surface area contributed by atoms with Crippen LogP contribution in [0.25, 0.3) is 0 Å². The van der Waals surface area contributed by atoms with Crippen LogP contribution in [0.5, 0.6) is 5.75 Å². The molecule has 7 heteroatoms. The first-order valence-corrected chi connectivity index (χ1v) is 9.03. The summed E-state index contributed by atoms with van der Waals surface area (Å²) in [5.41, 5.74) is 9.81. The maximum absolute atomic E-state index is 13.2. The van der Waals surface area contributed by atoms with Crippen molar-refractivity contribution in [1.29, 1.82) is 0 Å². The second-order valence-electron chi connectivity index (χ2n) is 6.68. The van der Waals surface area contributed by atoms with Crippen LogP contribution in [-0.2, 0) is 6.42 Å². The number of carbonyl (C=O) groups excluding carboxylic acids is 2. The fourth-order valence-corrected chi connectivity index (χ4v) is 3.75. The van der Waals surface area contributed by atoms with Crippen LogP contribution in [0.4, 0.5) is 21.9 Å². The lowest BCUT2D eigenvalue weighted by Gasteiger charge is -2.30. The summed E-state index contributed by atoms with van der Waals surface area (Å²) in [7, 11) is 1.55. The average molecular weight is 366 g/mol. The van der Waals surface area contributed by atoms with Crippen LogP contribution in [0, 0.1) is 0 Å². The number of hydrogen-bond acceptors (Lipinski definition) is 4. The molecule has 0 atom stereocenters. The fourth-order valence-electron chi connectivity index (χ4n) is 3.75. The quantitative estimate of drug-likeness (QED) is 0.817. The predicted molar refractivity (Wildman–Crippen MR) is 105 cm³/mol. The van der Waals surface area contributed by atoms with Crippen LogP contribution < -0.4 is 25.6 Å². The maximum Gasteiger partial charge on any atom is 0.322 e. The predicted octanol–water partition coefficient (Wildman–Crippen LogP) is 2.40. The number of fused-ring (bicyclic) bond motifs is 1. The first-order valence-electron chi connectivity index (χ1n) is 9.03. The zero-order valence-corrected chi connectivity index (χ0v) is 15.2. The summed E-state index contributed by atoms with van der Waals surface area (Å²) < 4.78 is 5.40. The molecule has 7 nitrogen and oxygen atoms in total. The number of rotatable bonds is 3. The van der Waals surface area contributed by atoms with Gasteiger partial charge in [-0.1, -0.05) is 6.07 Å². The molecule has 4 rings (SSSR count). The van der Waals surface area contributed by atoms with E-state index in [0.29, 0.717) is 42.3 Å². The van der Waals surface area contributed by atoms with Gasteiger partial charge in [0, 0.05) is 36.6 Å². The lowest BCUT2D eigenvalue weighted by atomic mass is 9.99. The van der Waals surface area contributed by atoms with Crippen LogP contribution in [-0.4, -0.2) is 38.7 Å². The van der Waals surface area contributed by atoms with Crippen LogP contribution in [0.15, 0.2) is 36.4 Å². The van der Waals surface area contributed by atoms with Gasteiger partial charge in [-0.15, -0.1) is 0 Å². The molecule has 2 heterocycles. The summed E-state index contributed by atoms with van der Waals surface area (Å²) >= 11 is 0. The number of ether oxygens (including phenoxy) is 1. The highest BCUT2D eigenvalue weighted by Crippen LogP contribution is 2.34. The Hall–Kier alpha value is -3.22. The van der Waals surface area contributed by atoms with Crippen molar-refractivity contribution in [2.75, 3.05) is 42.3 Å². The number of urea groups is 1. The number of amides is 3. The number of methoxy groups -OCH3 is 1. The Morgan fingerprint density at radius 2 is 2.04 bits per heavy atom. The largest absolute Gasteiger partial charge is 0.495 e. The van der Waals surface area contributed by atoms with Crippen molar-refractivity contribution in [1.82, 2.24) is 5.32 Å². The zero-order valence-electron chi connectivity index (χ0n) is 15.2. The Labute approximate surface area is 157 Å². The molecule has 1 fully saturated rings. The van der Waals surface area contributed by atoms with Crippen molar-refractivity contribution in [3.8, 4) is 5.75 Å². The minimum atomic E-state index is -0.186. The van der Waals surface area contributed by atoms with Crippen LogP contribution >= 0.6 is 0 Å². The Balaban J connectivity index is 1.71. The molecule has 1 saturated heterocycles. The van der Waals surface area contributed by atoms with Gasteiger partial charge in [-0.05, 0) is 48.7 Å². The fraction of sp³-hybridized carbons (Fsp3) is 0.300. The average Bonchev–Trinajstić information content (AvgIpc) is 3.12. The topological polar surface area (TPSA) is 87.9 Å². The number of nitrogen functional groups attached to an aromatic ring is 1. The van der Waals surface area contributed by atoms with E-state index in [1.807, 2.05) is 18.2 Å². The third kappa shape index (κ3) is 2.95. The van der Waals surface area contributed by atoms with Gasteiger partial charge >= 0.3 is 6.03 Å². The molecule has 3 N–H and O–H groups in total. The van der Waals surface area contributed by atoms with E-state index in [9.17, 15) is 9.59 Å². The lowest BCUT2D eigenvalue weighted by Crippen LogP contribution is -2.36. The Kier molecular flexibility index (Phi) is 4.35. The highest BCUT2D eigenvalue weighted by Gasteiger charge is 2.28. The molecule has 2 aromatic rings. The molecular weight excluding hydrogens is 344 g/mol. The summed E-state index contributed by atoms with van der Waals surface area (Å²) in [5, 5.41) is 2.77. The summed E-state index contributed by atoms with van der Waals surface area (Å²) in [5.74, 6) is 0.456. The van der Waals surface area contributed by atoms with Gasteiger partial charge in [0.05, 0.1) is 12.8 Å². The second-order valence-corrected chi connectivity index (χ2v) is 6.68. The van der Waals surface area contributed by atoms with E-state index in [-0.39, 0.29) is 11.9 Å². The van der Waals surface area contributed by atoms with E-state index in [4.69, 9.17) is 10.5 Å². The smallest absolute Gasteiger partial charge is 0.322 e. The van der Waals surface area contributed by atoms with Crippen molar-refractivity contribution >= 4 is 29.0 Å². The molecule has 27 heavy (non-hydrogen) atoms. The van der Waals surface area contributed by atoms with Crippen molar-refractivity contribution in [2.45, 2.75) is 12.8 Å². The third-order valence-corrected chi connectivity index (χ3v) is 5.11. The number of carbonyl (C=O) groups is 2. The van der Waals surface area contributed by atoms with E-state index < -0.39 is 0 Å². The monoisotopic (exact) mass is 366 g/mol. The van der Waals surface area contributed by atoms with Gasteiger partial charge in [0.1, 0.15) is 5.75 Å². The first kappa shape index (κ1) is 17.2. The van der Waals surface area contributed by atoms with E-state index in [2.05, 4.69) is 5.32 Å². The van der Waals surface area contributed by atoms with E-state index in [0.717, 1.165) is 24.1 Å². The molecule has 0 bridgehead atoms. The second kappa shape index (κ2) is 6.83. The van der Waals surface area contributed by atoms with Crippen molar-refractivity contribution in [2.24, 2.45) is 0 Å². The molecule has 0 unspecified atom stereocenters. The minimum absolute atomic E-state index is 0.106. The molecule has 0 radical (unpaired) electrons. The maximum atomic E-state index is 13.2. The van der Waals surface area contributed by atoms with E-state index in [1.54, 1.807) is 35.1 Å². The van der Waals surface area contributed by atoms with Crippen LogP contribution in [0.2, 0.25) is 0 Å². The third-order valence-electron chi connectivity index (χ3n) is 5.11. The van der Waals surface area contributed by atoms with Gasteiger partial charge in [-0.25, -0.2) is 4.79 Å². The van der Waals surface area contributed by atoms with Crippen molar-refractivity contribution in [3.63, 3.8) is 0 Å². The molecule has 3 amide bonds. The molecule has 0 aromatic heterocycles. The normalized spacial score (nSPS) is 16.1. The Morgan fingerprint density at radius 3 is 2.78 bits per heavy atom. The van der Waals surface area contributed by atoms with Crippen molar-refractivity contribution < 1.29 is 14.3 Å². The van der Waals surface area contributed by atoms with Crippen LogP contribution in [0.1, 0.15) is 22.3 Å². The minimum Gasteiger partial charge on any atom is -0.495 e.